The first kappa shape index (κ1) is 19.7. The summed E-state index contributed by atoms with van der Waals surface area (Å²) in [7, 11) is 0. The maximum Gasteiger partial charge on any atom is 0.410 e. The van der Waals surface area contributed by atoms with Crippen LogP contribution in [0.25, 0.3) is 10.1 Å². The number of nitrogens with zero attached hydrogens (tertiary/aromatic N) is 1. The number of rotatable bonds is 4. The van der Waals surface area contributed by atoms with Gasteiger partial charge in [0.1, 0.15) is 5.60 Å². The molecule has 4 rings (SSSR count). The lowest BCUT2D eigenvalue weighted by atomic mass is 9.81. The molecule has 1 aromatic heterocycles. The minimum absolute atomic E-state index is 0.182. The van der Waals surface area contributed by atoms with E-state index in [1.54, 1.807) is 0 Å². The van der Waals surface area contributed by atoms with Crippen molar-refractivity contribution in [2.24, 2.45) is 5.92 Å². The van der Waals surface area contributed by atoms with Crippen molar-refractivity contribution in [3.05, 3.63) is 34.7 Å². The van der Waals surface area contributed by atoms with Gasteiger partial charge >= 0.3 is 6.09 Å². The molecule has 2 aromatic rings. The zero-order valence-electron chi connectivity index (χ0n) is 17.6. The second kappa shape index (κ2) is 7.34. The first-order valence-electron chi connectivity index (χ1n) is 10.5. The first-order valence-corrected chi connectivity index (χ1v) is 11.3. The Morgan fingerprint density at radius 3 is 2.57 bits per heavy atom. The second-order valence-electron chi connectivity index (χ2n) is 9.60. The molecule has 3 bridgehead atoms. The van der Waals surface area contributed by atoms with Crippen molar-refractivity contribution in [2.45, 2.75) is 71.1 Å². The summed E-state index contributed by atoms with van der Waals surface area (Å²) >= 11 is 1.94. The van der Waals surface area contributed by atoms with Crippen molar-refractivity contribution in [1.29, 1.82) is 0 Å². The first-order chi connectivity index (χ1) is 13.2. The Bertz CT molecular complexity index is 844. The van der Waals surface area contributed by atoms with Gasteiger partial charge in [-0.15, -0.1) is 11.3 Å². The van der Waals surface area contributed by atoms with Gasteiger partial charge in [-0.3, -0.25) is 0 Å². The van der Waals surface area contributed by atoms with E-state index in [9.17, 15) is 4.79 Å². The van der Waals surface area contributed by atoms with Crippen LogP contribution in [0.15, 0.2) is 24.3 Å². The van der Waals surface area contributed by atoms with Crippen LogP contribution < -0.4 is 5.32 Å². The number of carbonyl (C=O) groups is 1. The molecule has 152 valence electrons. The van der Waals surface area contributed by atoms with E-state index in [0.29, 0.717) is 23.9 Å². The highest BCUT2D eigenvalue weighted by molar-refractivity contribution is 7.19. The molecule has 1 N–H and O–H groups in total. The van der Waals surface area contributed by atoms with Gasteiger partial charge in [-0.1, -0.05) is 19.9 Å². The molecule has 1 aliphatic carbocycles. The van der Waals surface area contributed by atoms with E-state index in [-0.39, 0.29) is 6.09 Å². The van der Waals surface area contributed by atoms with E-state index in [0.717, 1.165) is 25.9 Å². The van der Waals surface area contributed by atoms with Gasteiger partial charge in [0.2, 0.25) is 0 Å². The van der Waals surface area contributed by atoms with E-state index in [1.165, 1.54) is 20.5 Å². The number of thiophene rings is 1. The van der Waals surface area contributed by atoms with Crippen LogP contribution in [0.5, 0.6) is 0 Å². The van der Waals surface area contributed by atoms with Gasteiger partial charge < -0.3 is 15.0 Å². The summed E-state index contributed by atoms with van der Waals surface area (Å²) in [6.07, 6.45) is 1.77. The van der Waals surface area contributed by atoms with Crippen LogP contribution in [-0.4, -0.2) is 41.8 Å². The van der Waals surface area contributed by atoms with Crippen molar-refractivity contribution in [3.8, 4) is 0 Å². The summed E-state index contributed by atoms with van der Waals surface area (Å²) in [5, 5.41) is 5.36. The Morgan fingerprint density at radius 1 is 1.21 bits per heavy atom. The lowest BCUT2D eigenvalue weighted by Crippen LogP contribution is -2.51. The largest absolute Gasteiger partial charge is 0.444 e. The number of amides is 1. The lowest BCUT2D eigenvalue weighted by Gasteiger charge is -2.39. The van der Waals surface area contributed by atoms with Crippen LogP contribution in [0, 0.1) is 5.92 Å². The standard InChI is InChI=1S/C23H32N2O2S/c1-14(2)21(20-15-6-7-18-16(12-15)13-19(20)28-18)24-17-8-10-25(11-9-17)22(26)27-23(3,4)5/h6-7,12-14,17,20-21,24H,8-11H2,1-5H3. The van der Waals surface area contributed by atoms with Gasteiger partial charge in [-0.2, -0.15) is 0 Å². The van der Waals surface area contributed by atoms with Gasteiger partial charge in [0.25, 0.3) is 0 Å². The minimum Gasteiger partial charge on any atom is -0.444 e. The van der Waals surface area contributed by atoms with Gasteiger partial charge in [-0.25, -0.2) is 4.79 Å². The molecule has 2 atom stereocenters. The van der Waals surface area contributed by atoms with E-state index >= 15 is 0 Å². The number of piperidine rings is 1. The van der Waals surface area contributed by atoms with Crippen LogP contribution >= 0.6 is 11.3 Å². The van der Waals surface area contributed by atoms with Gasteiger partial charge in [0.05, 0.1) is 0 Å². The molecule has 0 radical (unpaired) electrons. The van der Waals surface area contributed by atoms with E-state index < -0.39 is 5.60 Å². The predicted molar refractivity (Wildman–Crippen MR) is 116 cm³/mol. The van der Waals surface area contributed by atoms with Gasteiger partial charge in [-0.05, 0) is 68.7 Å². The monoisotopic (exact) mass is 400 g/mol. The Hall–Kier alpha value is -1.59. The van der Waals surface area contributed by atoms with E-state index in [2.05, 4.69) is 43.4 Å². The second-order valence-corrected chi connectivity index (χ2v) is 10.7. The number of benzene rings is 1. The van der Waals surface area contributed by atoms with Gasteiger partial charge in [0, 0.05) is 40.7 Å². The fraction of sp³-hybridized carbons (Fsp3) is 0.609. The number of hydrogen-bond acceptors (Lipinski definition) is 4. The van der Waals surface area contributed by atoms with Crippen LogP contribution in [0.1, 0.15) is 63.8 Å². The highest BCUT2D eigenvalue weighted by Gasteiger charge is 2.34. The summed E-state index contributed by atoms with van der Waals surface area (Å²) in [5.41, 5.74) is 1.01. The lowest BCUT2D eigenvalue weighted by molar-refractivity contribution is 0.0193. The fourth-order valence-electron chi connectivity index (χ4n) is 4.48. The summed E-state index contributed by atoms with van der Waals surface area (Å²) in [6.45, 7) is 11.9. The summed E-state index contributed by atoms with van der Waals surface area (Å²) in [4.78, 5) is 15.7. The van der Waals surface area contributed by atoms with E-state index in [4.69, 9.17) is 4.74 Å². The van der Waals surface area contributed by atoms with Crippen LogP contribution in [-0.2, 0) is 4.74 Å². The highest BCUT2D eigenvalue weighted by atomic mass is 32.1. The average molecular weight is 401 g/mol. The number of carbonyl (C=O) groups excluding carboxylic acids is 1. The van der Waals surface area contributed by atoms with E-state index in [1.807, 2.05) is 37.0 Å². The number of hydrogen-bond donors (Lipinski definition) is 1. The molecule has 5 heteroatoms. The van der Waals surface area contributed by atoms with Gasteiger partial charge in [0.15, 0.2) is 0 Å². The SMILES string of the molecule is CC(C)C(NC1CCN(C(=O)OC(C)(C)C)CC1)C1c2ccc3sc1cc3c2. The molecule has 28 heavy (non-hydrogen) atoms. The fourth-order valence-corrected chi connectivity index (χ4v) is 5.70. The highest BCUT2D eigenvalue weighted by Crippen LogP contribution is 2.44. The summed E-state index contributed by atoms with van der Waals surface area (Å²) in [6, 6.07) is 10.2. The topological polar surface area (TPSA) is 41.6 Å². The van der Waals surface area contributed by atoms with Crippen LogP contribution in [0.3, 0.4) is 0 Å². The molecule has 1 aliphatic heterocycles. The molecule has 0 saturated carbocycles. The molecule has 2 aliphatic rings. The smallest absolute Gasteiger partial charge is 0.410 e. The normalized spacial score (nSPS) is 21.1. The molecule has 2 heterocycles. The summed E-state index contributed by atoms with van der Waals surface area (Å²) in [5.74, 6) is 0.977. The summed E-state index contributed by atoms with van der Waals surface area (Å²) < 4.78 is 6.93. The maximum absolute atomic E-state index is 12.3. The molecule has 1 saturated heterocycles. The molecule has 0 spiro atoms. The molecule has 1 fully saturated rings. The quantitative estimate of drug-likeness (QED) is 0.751. The molecule has 2 unspecified atom stereocenters. The number of ether oxygens (including phenoxy) is 1. The molecular weight excluding hydrogens is 368 g/mol. The third-order valence-corrected chi connectivity index (χ3v) is 7.08. The Morgan fingerprint density at radius 2 is 1.93 bits per heavy atom. The van der Waals surface area contributed by atoms with Crippen molar-refractivity contribution in [3.63, 3.8) is 0 Å². The number of nitrogens with one attached hydrogen (secondary N) is 1. The third-order valence-electron chi connectivity index (χ3n) is 5.88. The van der Waals surface area contributed by atoms with Crippen molar-refractivity contribution >= 4 is 27.5 Å². The predicted octanol–water partition coefficient (Wildman–Crippen LogP) is 5.36. The number of likely N-dealkylation sites (tertiary alicyclic amines) is 1. The van der Waals surface area contributed by atoms with Crippen LogP contribution in [0.2, 0.25) is 0 Å². The van der Waals surface area contributed by atoms with Crippen molar-refractivity contribution < 1.29 is 9.53 Å². The Balaban J connectivity index is 1.40. The van der Waals surface area contributed by atoms with Crippen molar-refractivity contribution in [1.82, 2.24) is 10.2 Å². The molecule has 4 nitrogen and oxygen atoms in total. The molecule has 1 amide bonds. The minimum atomic E-state index is -0.434. The average Bonchev–Trinajstić information content (AvgIpc) is 2.88. The molecular formula is C23H32N2O2S. The van der Waals surface area contributed by atoms with Crippen LogP contribution in [0.4, 0.5) is 4.79 Å². The van der Waals surface area contributed by atoms with Crippen molar-refractivity contribution in [2.75, 3.05) is 13.1 Å². The molecule has 1 aromatic carbocycles. The zero-order valence-corrected chi connectivity index (χ0v) is 18.4. The zero-order chi connectivity index (χ0) is 20.1. The maximum atomic E-state index is 12.3. The number of fused-ring (bicyclic) bond motifs is 2. The third kappa shape index (κ3) is 3.92. The Labute approximate surface area is 172 Å². The Kier molecular flexibility index (Phi) is 5.17.